The summed E-state index contributed by atoms with van der Waals surface area (Å²) in [5, 5.41) is 3.21. The normalized spacial score (nSPS) is 25.7. The third-order valence-electron chi connectivity index (χ3n) is 4.92. The summed E-state index contributed by atoms with van der Waals surface area (Å²) < 4.78 is 0. The topological polar surface area (TPSA) is 55.1 Å². The number of hydrogen-bond donors (Lipinski definition) is 2. The fraction of sp³-hybridized carbons (Fsp3) is 0.933. The standard InChI is InChI=1S/C15H28N2O/c1-11(9-12-5-3-4-6-12)14(18)17-15(2,10-16)13-7-8-13/h11-13H,3-10,16H2,1-2H3,(H,17,18). The van der Waals surface area contributed by atoms with E-state index in [9.17, 15) is 4.79 Å². The minimum Gasteiger partial charge on any atom is -0.349 e. The van der Waals surface area contributed by atoms with Crippen LogP contribution < -0.4 is 11.1 Å². The summed E-state index contributed by atoms with van der Waals surface area (Å²) in [6, 6.07) is 0. The zero-order valence-corrected chi connectivity index (χ0v) is 11.9. The van der Waals surface area contributed by atoms with Gasteiger partial charge in [-0.25, -0.2) is 0 Å². The molecule has 18 heavy (non-hydrogen) atoms. The van der Waals surface area contributed by atoms with Gasteiger partial charge in [0.25, 0.3) is 0 Å². The van der Waals surface area contributed by atoms with E-state index in [1.807, 2.05) is 0 Å². The Morgan fingerprint density at radius 1 is 1.33 bits per heavy atom. The molecule has 2 aliphatic carbocycles. The van der Waals surface area contributed by atoms with Crippen molar-refractivity contribution >= 4 is 5.91 Å². The van der Waals surface area contributed by atoms with Gasteiger partial charge in [-0.2, -0.15) is 0 Å². The first-order valence-corrected chi connectivity index (χ1v) is 7.57. The van der Waals surface area contributed by atoms with Crippen molar-refractivity contribution in [3.8, 4) is 0 Å². The summed E-state index contributed by atoms with van der Waals surface area (Å²) in [6.07, 6.45) is 8.80. The van der Waals surface area contributed by atoms with Gasteiger partial charge in [0.1, 0.15) is 0 Å². The van der Waals surface area contributed by atoms with Crippen molar-refractivity contribution in [1.82, 2.24) is 5.32 Å². The molecule has 2 fully saturated rings. The molecule has 0 aromatic heterocycles. The van der Waals surface area contributed by atoms with Crippen LogP contribution in [-0.2, 0) is 4.79 Å². The van der Waals surface area contributed by atoms with Crippen molar-refractivity contribution < 1.29 is 4.79 Å². The molecule has 0 aliphatic heterocycles. The van der Waals surface area contributed by atoms with Crippen molar-refractivity contribution in [3.05, 3.63) is 0 Å². The van der Waals surface area contributed by atoms with Crippen LogP contribution in [0.5, 0.6) is 0 Å². The average Bonchev–Trinajstić information content (AvgIpc) is 3.09. The smallest absolute Gasteiger partial charge is 0.223 e. The molecule has 0 aromatic rings. The highest BCUT2D eigenvalue weighted by molar-refractivity contribution is 5.79. The number of hydrogen-bond acceptors (Lipinski definition) is 2. The summed E-state index contributed by atoms with van der Waals surface area (Å²) in [5.41, 5.74) is 5.68. The van der Waals surface area contributed by atoms with E-state index in [-0.39, 0.29) is 17.4 Å². The highest BCUT2D eigenvalue weighted by atomic mass is 16.2. The van der Waals surface area contributed by atoms with Crippen LogP contribution >= 0.6 is 0 Å². The molecule has 0 aromatic carbocycles. The Morgan fingerprint density at radius 3 is 2.44 bits per heavy atom. The summed E-state index contributed by atoms with van der Waals surface area (Å²) in [7, 11) is 0. The molecule has 0 saturated heterocycles. The summed E-state index contributed by atoms with van der Waals surface area (Å²) in [4.78, 5) is 12.3. The lowest BCUT2D eigenvalue weighted by Gasteiger charge is -2.31. The molecule has 3 heteroatoms. The van der Waals surface area contributed by atoms with Crippen LogP contribution in [-0.4, -0.2) is 18.0 Å². The van der Waals surface area contributed by atoms with E-state index < -0.39 is 0 Å². The first-order chi connectivity index (χ1) is 8.55. The van der Waals surface area contributed by atoms with Crippen molar-refractivity contribution in [1.29, 1.82) is 0 Å². The zero-order chi connectivity index (χ0) is 13.2. The minimum absolute atomic E-state index is 0.137. The first kappa shape index (κ1) is 13.9. The maximum absolute atomic E-state index is 12.3. The number of carbonyl (C=O) groups is 1. The fourth-order valence-corrected chi connectivity index (χ4v) is 3.30. The summed E-state index contributed by atoms with van der Waals surface area (Å²) >= 11 is 0. The van der Waals surface area contributed by atoms with Gasteiger partial charge in [-0.1, -0.05) is 32.6 Å². The van der Waals surface area contributed by atoms with Crippen LogP contribution in [0.4, 0.5) is 0 Å². The quantitative estimate of drug-likeness (QED) is 0.763. The molecule has 0 spiro atoms. The third kappa shape index (κ3) is 3.25. The van der Waals surface area contributed by atoms with Gasteiger partial charge in [-0.15, -0.1) is 0 Å². The molecule has 3 nitrogen and oxygen atoms in total. The highest BCUT2D eigenvalue weighted by Gasteiger charge is 2.42. The Labute approximate surface area is 111 Å². The van der Waals surface area contributed by atoms with Crippen molar-refractivity contribution in [2.45, 2.75) is 64.3 Å². The number of amides is 1. The van der Waals surface area contributed by atoms with Crippen LogP contribution in [0.25, 0.3) is 0 Å². The molecular formula is C15H28N2O. The van der Waals surface area contributed by atoms with Crippen molar-refractivity contribution in [3.63, 3.8) is 0 Å². The predicted molar refractivity (Wildman–Crippen MR) is 74.1 cm³/mol. The Hall–Kier alpha value is -0.570. The molecule has 2 atom stereocenters. The number of nitrogens with one attached hydrogen (secondary N) is 1. The minimum atomic E-state index is -0.166. The van der Waals surface area contributed by atoms with Gasteiger partial charge in [-0.3, -0.25) is 4.79 Å². The molecule has 2 saturated carbocycles. The molecule has 0 radical (unpaired) electrons. The summed E-state index contributed by atoms with van der Waals surface area (Å²) in [6.45, 7) is 4.72. The maximum atomic E-state index is 12.3. The zero-order valence-electron chi connectivity index (χ0n) is 11.9. The second-order valence-corrected chi connectivity index (χ2v) is 6.67. The average molecular weight is 252 g/mol. The van der Waals surface area contributed by atoms with Crippen molar-refractivity contribution in [2.75, 3.05) is 6.54 Å². The van der Waals surface area contributed by atoms with E-state index >= 15 is 0 Å². The molecular weight excluding hydrogens is 224 g/mol. The first-order valence-electron chi connectivity index (χ1n) is 7.57. The van der Waals surface area contributed by atoms with Gasteiger partial charge in [0.2, 0.25) is 5.91 Å². The van der Waals surface area contributed by atoms with Gasteiger partial charge in [0.05, 0.1) is 5.54 Å². The van der Waals surface area contributed by atoms with Gasteiger partial charge in [0.15, 0.2) is 0 Å². The molecule has 0 heterocycles. The van der Waals surface area contributed by atoms with Crippen LogP contribution in [0.15, 0.2) is 0 Å². The maximum Gasteiger partial charge on any atom is 0.223 e. The van der Waals surface area contributed by atoms with Crippen molar-refractivity contribution in [2.24, 2.45) is 23.5 Å². The van der Waals surface area contributed by atoms with E-state index in [1.165, 1.54) is 38.5 Å². The third-order valence-corrected chi connectivity index (χ3v) is 4.92. The Morgan fingerprint density at radius 2 is 1.94 bits per heavy atom. The van der Waals surface area contributed by atoms with Gasteiger partial charge >= 0.3 is 0 Å². The molecule has 1 amide bonds. The number of rotatable bonds is 6. The Kier molecular flexibility index (Phi) is 4.31. The second kappa shape index (κ2) is 5.60. The van der Waals surface area contributed by atoms with Gasteiger partial charge < -0.3 is 11.1 Å². The van der Waals surface area contributed by atoms with Gasteiger partial charge in [0, 0.05) is 12.5 Å². The molecule has 104 valence electrons. The lowest BCUT2D eigenvalue weighted by Crippen LogP contribution is -2.54. The second-order valence-electron chi connectivity index (χ2n) is 6.67. The molecule has 2 aliphatic rings. The Balaban J connectivity index is 1.82. The van der Waals surface area contributed by atoms with Crippen LogP contribution in [0.2, 0.25) is 0 Å². The predicted octanol–water partition coefficient (Wildman–Crippen LogP) is 2.45. The van der Waals surface area contributed by atoms with Gasteiger partial charge in [-0.05, 0) is 38.0 Å². The highest BCUT2D eigenvalue weighted by Crippen LogP contribution is 2.39. The number of carbonyl (C=O) groups excluding carboxylic acids is 1. The lowest BCUT2D eigenvalue weighted by atomic mass is 9.91. The molecule has 2 unspecified atom stereocenters. The van der Waals surface area contributed by atoms with E-state index in [2.05, 4.69) is 19.2 Å². The molecule has 2 rings (SSSR count). The largest absolute Gasteiger partial charge is 0.349 e. The Bertz CT molecular complexity index is 295. The van der Waals surface area contributed by atoms with Crippen LogP contribution in [0, 0.1) is 17.8 Å². The van der Waals surface area contributed by atoms with E-state index in [0.29, 0.717) is 12.5 Å². The molecule has 3 N–H and O–H groups in total. The van der Waals surface area contributed by atoms with E-state index in [1.54, 1.807) is 0 Å². The summed E-state index contributed by atoms with van der Waals surface area (Å²) in [5.74, 6) is 1.72. The monoisotopic (exact) mass is 252 g/mol. The lowest BCUT2D eigenvalue weighted by molar-refractivity contribution is -0.127. The van der Waals surface area contributed by atoms with E-state index in [4.69, 9.17) is 5.73 Å². The fourth-order valence-electron chi connectivity index (χ4n) is 3.30. The SMILES string of the molecule is CC(CC1CCCC1)C(=O)NC(C)(CN)C1CC1. The van der Waals surface area contributed by atoms with Crippen LogP contribution in [0.3, 0.4) is 0 Å². The number of nitrogens with two attached hydrogens (primary N) is 1. The molecule has 0 bridgehead atoms. The van der Waals surface area contributed by atoms with Crippen LogP contribution in [0.1, 0.15) is 58.8 Å². The van der Waals surface area contributed by atoms with E-state index in [0.717, 1.165) is 12.3 Å².